The Bertz CT molecular complexity index is 202. The summed E-state index contributed by atoms with van der Waals surface area (Å²) in [5.41, 5.74) is 1.30. The normalized spacial score (nSPS) is 10.1. The molecule has 0 saturated heterocycles. The minimum Gasteiger partial charge on any atom is -0.133 e. The molecule has 0 atom stereocenters. The lowest BCUT2D eigenvalue weighted by Crippen LogP contribution is -1.71. The second-order valence-electron chi connectivity index (χ2n) is 1.77. The molecule has 0 bridgehead atoms. The zero-order chi connectivity index (χ0) is 6.85. The summed E-state index contributed by atoms with van der Waals surface area (Å²) in [6.45, 7) is 2.12. The van der Waals surface area contributed by atoms with Crippen molar-refractivity contribution in [3.8, 4) is 0 Å². The first kappa shape index (κ1) is 7.51. The van der Waals surface area contributed by atoms with Crippen molar-refractivity contribution in [2.75, 3.05) is 0 Å². The summed E-state index contributed by atoms with van der Waals surface area (Å²) in [6, 6.07) is 2.07. The number of hydrogen-bond acceptors (Lipinski definition) is 3. The SMILES string of the molecule is CCc1cc(S)sc1S. The zero-order valence-electron chi connectivity index (χ0n) is 5.09. The third kappa shape index (κ3) is 1.66. The van der Waals surface area contributed by atoms with Crippen LogP contribution >= 0.6 is 36.6 Å². The van der Waals surface area contributed by atoms with Crippen LogP contribution in [0, 0.1) is 0 Å². The van der Waals surface area contributed by atoms with Gasteiger partial charge in [0.05, 0.1) is 8.42 Å². The van der Waals surface area contributed by atoms with Gasteiger partial charge in [-0.05, 0) is 18.1 Å². The highest BCUT2D eigenvalue weighted by Crippen LogP contribution is 2.28. The topological polar surface area (TPSA) is 0 Å². The first-order chi connectivity index (χ1) is 4.24. The number of hydrogen-bond donors (Lipinski definition) is 2. The summed E-state index contributed by atoms with van der Waals surface area (Å²) in [7, 11) is 0. The van der Waals surface area contributed by atoms with E-state index < -0.39 is 0 Å². The first-order valence-electron chi connectivity index (χ1n) is 2.74. The van der Waals surface area contributed by atoms with Crippen molar-refractivity contribution >= 4 is 36.6 Å². The second-order valence-corrected chi connectivity index (χ2v) is 4.35. The molecule has 1 aromatic rings. The van der Waals surface area contributed by atoms with Crippen molar-refractivity contribution in [3.05, 3.63) is 11.6 Å². The quantitative estimate of drug-likeness (QED) is 0.604. The molecule has 1 aromatic heterocycles. The fourth-order valence-electron chi connectivity index (χ4n) is 0.658. The fourth-order valence-corrected chi connectivity index (χ4v) is 2.56. The van der Waals surface area contributed by atoms with Gasteiger partial charge in [0.1, 0.15) is 0 Å². The molecule has 0 aliphatic heterocycles. The monoisotopic (exact) mass is 176 g/mol. The number of thiophene rings is 1. The Balaban J connectivity index is 3.01. The molecule has 0 aliphatic carbocycles. The molecule has 9 heavy (non-hydrogen) atoms. The summed E-state index contributed by atoms with van der Waals surface area (Å²) in [4.78, 5) is 0. The fraction of sp³-hybridized carbons (Fsp3) is 0.333. The largest absolute Gasteiger partial charge is 0.133 e. The van der Waals surface area contributed by atoms with Crippen molar-refractivity contribution in [1.82, 2.24) is 0 Å². The molecule has 0 N–H and O–H groups in total. The lowest BCUT2D eigenvalue weighted by molar-refractivity contribution is 1.11. The van der Waals surface area contributed by atoms with Crippen LogP contribution < -0.4 is 0 Å². The molecule has 0 aliphatic rings. The van der Waals surface area contributed by atoms with Crippen LogP contribution in [-0.4, -0.2) is 0 Å². The summed E-state index contributed by atoms with van der Waals surface area (Å²) >= 11 is 10.1. The van der Waals surface area contributed by atoms with E-state index in [0.717, 1.165) is 14.8 Å². The molecule has 1 heterocycles. The van der Waals surface area contributed by atoms with Crippen LogP contribution in [0.4, 0.5) is 0 Å². The molecule has 1 rings (SSSR count). The van der Waals surface area contributed by atoms with Crippen molar-refractivity contribution in [1.29, 1.82) is 0 Å². The molecule has 50 valence electrons. The zero-order valence-corrected chi connectivity index (χ0v) is 7.69. The lowest BCUT2D eigenvalue weighted by Gasteiger charge is -1.86. The predicted octanol–water partition coefficient (Wildman–Crippen LogP) is 2.89. The highest BCUT2D eigenvalue weighted by molar-refractivity contribution is 7.85. The van der Waals surface area contributed by atoms with Crippen molar-refractivity contribution < 1.29 is 0 Å². The highest BCUT2D eigenvalue weighted by Gasteiger charge is 1.99. The van der Waals surface area contributed by atoms with Gasteiger partial charge in [0.15, 0.2) is 0 Å². The van der Waals surface area contributed by atoms with Crippen LogP contribution in [0.15, 0.2) is 14.5 Å². The van der Waals surface area contributed by atoms with E-state index in [4.69, 9.17) is 0 Å². The molecule has 0 aromatic carbocycles. The number of thiol groups is 2. The van der Waals surface area contributed by atoms with Crippen LogP contribution in [0.25, 0.3) is 0 Å². The average Bonchev–Trinajstić information content (AvgIpc) is 2.10. The Morgan fingerprint density at radius 3 is 2.44 bits per heavy atom. The van der Waals surface area contributed by atoms with Gasteiger partial charge in [-0.3, -0.25) is 0 Å². The minimum atomic E-state index is 1.05. The van der Waals surface area contributed by atoms with E-state index in [1.165, 1.54) is 5.56 Å². The second kappa shape index (κ2) is 2.99. The molecule has 3 heteroatoms. The summed E-state index contributed by atoms with van der Waals surface area (Å²) < 4.78 is 2.15. The molecule has 0 nitrogen and oxygen atoms in total. The van der Waals surface area contributed by atoms with Crippen LogP contribution in [-0.2, 0) is 6.42 Å². The van der Waals surface area contributed by atoms with E-state index >= 15 is 0 Å². The van der Waals surface area contributed by atoms with Gasteiger partial charge in [-0.2, -0.15) is 0 Å². The molecule has 0 spiro atoms. The maximum absolute atomic E-state index is 4.27. The highest BCUT2D eigenvalue weighted by atomic mass is 32.2. The van der Waals surface area contributed by atoms with Crippen LogP contribution in [0.5, 0.6) is 0 Å². The predicted molar refractivity (Wildman–Crippen MR) is 48.2 cm³/mol. The standard InChI is InChI=1S/C6H8S3/c1-2-4-3-5(7)9-6(4)8/h3,7-8H,2H2,1H3. The van der Waals surface area contributed by atoms with Crippen LogP contribution in [0.3, 0.4) is 0 Å². The molecular formula is C6H8S3. The summed E-state index contributed by atoms with van der Waals surface area (Å²) in [6.07, 6.45) is 1.05. The Morgan fingerprint density at radius 1 is 1.56 bits per heavy atom. The average molecular weight is 176 g/mol. The van der Waals surface area contributed by atoms with Gasteiger partial charge in [-0.25, -0.2) is 0 Å². The maximum atomic E-state index is 4.27. The van der Waals surface area contributed by atoms with Gasteiger partial charge < -0.3 is 0 Å². The Labute approximate surface area is 70.1 Å². The number of rotatable bonds is 1. The third-order valence-electron chi connectivity index (χ3n) is 1.15. The summed E-state index contributed by atoms with van der Waals surface area (Å²) in [5.74, 6) is 0. The van der Waals surface area contributed by atoms with E-state index in [0.29, 0.717) is 0 Å². The van der Waals surface area contributed by atoms with Gasteiger partial charge in [0.2, 0.25) is 0 Å². The van der Waals surface area contributed by atoms with Gasteiger partial charge in [-0.15, -0.1) is 36.6 Å². The van der Waals surface area contributed by atoms with Gasteiger partial charge in [0.25, 0.3) is 0 Å². The molecule has 0 saturated carbocycles. The van der Waals surface area contributed by atoms with E-state index in [1.54, 1.807) is 11.3 Å². The smallest absolute Gasteiger partial charge is 0.0611 e. The molecule has 0 radical (unpaired) electrons. The Kier molecular flexibility index (Phi) is 2.50. The molecule has 0 unspecified atom stereocenters. The number of aryl methyl sites for hydroxylation is 1. The van der Waals surface area contributed by atoms with Crippen molar-refractivity contribution in [2.45, 2.75) is 21.8 Å². The first-order valence-corrected chi connectivity index (χ1v) is 4.45. The van der Waals surface area contributed by atoms with E-state index in [9.17, 15) is 0 Å². The molecule has 0 amide bonds. The van der Waals surface area contributed by atoms with Gasteiger partial charge in [-0.1, -0.05) is 6.92 Å². The molecular weight excluding hydrogens is 168 g/mol. The van der Waals surface area contributed by atoms with Crippen molar-refractivity contribution in [3.63, 3.8) is 0 Å². The minimum absolute atomic E-state index is 1.05. The van der Waals surface area contributed by atoms with E-state index in [2.05, 4.69) is 38.2 Å². The summed E-state index contributed by atoms with van der Waals surface area (Å²) in [5, 5.41) is 0. The van der Waals surface area contributed by atoms with Crippen LogP contribution in [0.1, 0.15) is 12.5 Å². The van der Waals surface area contributed by atoms with E-state index in [-0.39, 0.29) is 0 Å². The lowest BCUT2D eigenvalue weighted by atomic mass is 10.3. The van der Waals surface area contributed by atoms with Gasteiger partial charge >= 0.3 is 0 Å². The Hall–Kier alpha value is 0.400. The van der Waals surface area contributed by atoms with Gasteiger partial charge in [0, 0.05) is 0 Å². The Morgan fingerprint density at radius 2 is 2.22 bits per heavy atom. The van der Waals surface area contributed by atoms with Crippen molar-refractivity contribution in [2.24, 2.45) is 0 Å². The van der Waals surface area contributed by atoms with Crippen LogP contribution in [0.2, 0.25) is 0 Å². The van der Waals surface area contributed by atoms with E-state index in [1.807, 2.05) is 0 Å². The maximum Gasteiger partial charge on any atom is 0.0611 e. The molecule has 0 fully saturated rings. The third-order valence-corrected chi connectivity index (χ3v) is 2.90.